The van der Waals surface area contributed by atoms with Gasteiger partial charge >= 0.3 is 5.91 Å². The summed E-state index contributed by atoms with van der Waals surface area (Å²) in [5.74, 6) is -0.275. The predicted molar refractivity (Wildman–Crippen MR) is 101 cm³/mol. The van der Waals surface area contributed by atoms with Crippen molar-refractivity contribution in [2.75, 3.05) is 6.61 Å². The summed E-state index contributed by atoms with van der Waals surface area (Å²) in [6.07, 6.45) is 0.926. The van der Waals surface area contributed by atoms with Crippen LogP contribution in [0.2, 0.25) is 10.0 Å². The number of azo groups is 1. The number of aromatic nitrogens is 1. The van der Waals surface area contributed by atoms with Gasteiger partial charge in [0.15, 0.2) is 12.3 Å². The fourth-order valence-corrected chi connectivity index (χ4v) is 2.94. The molecule has 6 nitrogen and oxygen atoms in total. The number of halogens is 2. The molecule has 0 saturated carbocycles. The molecule has 0 aliphatic heterocycles. The first-order valence-electron chi connectivity index (χ1n) is 7.84. The minimum atomic E-state index is -0.591. The van der Waals surface area contributed by atoms with Crippen LogP contribution in [0.3, 0.4) is 0 Å². The highest BCUT2D eigenvalue weighted by Gasteiger charge is 2.14. The van der Waals surface area contributed by atoms with Gasteiger partial charge in [0.25, 0.3) is 0 Å². The molecule has 2 aromatic carbocycles. The maximum Gasteiger partial charge on any atom is 0.302 e. The third kappa shape index (κ3) is 3.98. The largest absolute Gasteiger partial charge is 0.493 e. The van der Waals surface area contributed by atoms with Gasteiger partial charge in [-0.3, -0.25) is 4.79 Å². The van der Waals surface area contributed by atoms with E-state index in [-0.39, 0.29) is 18.2 Å². The molecule has 0 saturated heterocycles. The summed E-state index contributed by atoms with van der Waals surface area (Å²) in [7, 11) is 0. The van der Waals surface area contributed by atoms with E-state index in [2.05, 4.69) is 22.1 Å². The molecule has 0 aliphatic carbocycles. The maximum atomic E-state index is 11.9. The first kappa shape index (κ1) is 18.2. The fraction of sp³-hybridized carbons (Fsp3) is 0.167. The number of aromatic amines is 1. The molecule has 0 unspecified atom stereocenters. The van der Waals surface area contributed by atoms with E-state index in [0.717, 1.165) is 6.42 Å². The standard InChI is InChI=1S/C18H15Cl2N3O3/c1-2-10-3-5-12(6-4-10)26-9-15(24)22-23-17-13-7-11(19)8-14(20)16(13)21-18(17)25/h3-8,21,25H,2,9H2,1H3. The van der Waals surface area contributed by atoms with E-state index in [1.807, 2.05) is 12.1 Å². The van der Waals surface area contributed by atoms with Crippen LogP contribution in [-0.2, 0) is 11.2 Å². The van der Waals surface area contributed by atoms with Gasteiger partial charge in [0, 0.05) is 10.4 Å². The molecule has 1 amide bonds. The van der Waals surface area contributed by atoms with Crippen LogP contribution in [0.4, 0.5) is 5.69 Å². The molecule has 8 heteroatoms. The second-order valence-electron chi connectivity index (χ2n) is 5.51. The summed E-state index contributed by atoms with van der Waals surface area (Å²) >= 11 is 12.0. The molecule has 3 aromatic rings. The Labute approximate surface area is 159 Å². The molecule has 0 spiro atoms. The van der Waals surface area contributed by atoms with Crippen LogP contribution in [0.15, 0.2) is 46.6 Å². The van der Waals surface area contributed by atoms with Crippen molar-refractivity contribution in [2.24, 2.45) is 10.2 Å². The van der Waals surface area contributed by atoms with Crippen molar-refractivity contribution in [3.05, 3.63) is 52.0 Å². The summed E-state index contributed by atoms with van der Waals surface area (Å²) < 4.78 is 5.38. The SMILES string of the molecule is CCc1ccc(OCC(=O)N=Nc2c(O)[nH]c3c(Cl)cc(Cl)cc23)cc1. The van der Waals surface area contributed by atoms with Crippen molar-refractivity contribution in [3.8, 4) is 11.6 Å². The minimum Gasteiger partial charge on any atom is -0.493 e. The van der Waals surface area contributed by atoms with Gasteiger partial charge in [-0.2, -0.15) is 0 Å². The van der Waals surface area contributed by atoms with Crippen molar-refractivity contribution in [1.29, 1.82) is 0 Å². The molecular formula is C18H15Cl2N3O3. The Kier molecular flexibility index (Phi) is 5.44. The molecule has 3 rings (SSSR count). The predicted octanol–water partition coefficient (Wildman–Crippen LogP) is 5.43. The van der Waals surface area contributed by atoms with Crippen molar-refractivity contribution < 1.29 is 14.6 Å². The number of nitrogens with one attached hydrogen (secondary N) is 1. The Balaban J connectivity index is 1.72. The van der Waals surface area contributed by atoms with Gasteiger partial charge in [-0.05, 0) is 36.2 Å². The molecule has 1 heterocycles. The number of H-pyrrole nitrogens is 1. The number of carbonyl (C=O) groups is 1. The zero-order chi connectivity index (χ0) is 18.7. The van der Waals surface area contributed by atoms with Gasteiger partial charge in [0.05, 0.1) is 10.5 Å². The fourth-order valence-electron chi connectivity index (χ4n) is 2.39. The summed E-state index contributed by atoms with van der Waals surface area (Å²) in [5, 5.41) is 18.5. The molecule has 26 heavy (non-hydrogen) atoms. The van der Waals surface area contributed by atoms with Crippen LogP contribution in [0, 0.1) is 0 Å². The number of benzene rings is 2. The molecule has 0 aliphatic rings. The zero-order valence-electron chi connectivity index (χ0n) is 13.8. The Hall–Kier alpha value is -2.57. The second kappa shape index (κ2) is 7.76. The summed E-state index contributed by atoms with van der Waals surface area (Å²) in [4.78, 5) is 14.6. The minimum absolute atomic E-state index is 0.0880. The Morgan fingerprint density at radius 2 is 1.96 bits per heavy atom. The Bertz CT molecular complexity index is 982. The van der Waals surface area contributed by atoms with Crippen LogP contribution < -0.4 is 4.74 Å². The van der Waals surface area contributed by atoms with Crippen molar-refractivity contribution in [2.45, 2.75) is 13.3 Å². The first-order valence-corrected chi connectivity index (χ1v) is 8.59. The monoisotopic (exact) mass is 391 g/mol. The quantitative estimate of drug-likeness (QED) is 0.568. The van der Waals surface area contributed by atoms with E-state index >= 15 is 0 Å². The lowest BCUT2D eigenvalue weighted by Crippen LogP contribution is -2.07. The second-order valence-corrected chi connectivity index (χ2v) is 6.36. The third-order valence-electron chi connectivity index (χ3n) is 3.73. The molecule has 0 atom stereocenters. The highest BCUT2D eigenvalue weighted by Crippen LogP contribution is 2.40. The summed E-state index contributed by atoms with van der Waals surface area (Å²) in [5.41, 5.74) is 1.72. The van der Waals surface area contributed by atoms with E-state index in [1.165, 1.54) is 11.6 Å². The highest BCUT2D eigenvalue weighted by atomic mass is 35.5. The average molecular weight is 392 g/mol. The number of aryl methyl sites for hydroxylation is 1. The van der Waals surface area contributed by atoms with Gasteiger partial charge in [-0.25, -0.2) is 0 Å². The van der Waals surface area contributed by atoms with Crippen LogP contribution in [-0.4, -0.2) is 22.6 Å². The number of hydrogen-bond donors (Lipinski definition) is 2. The molecule has 134 valence electrons. The van der Waals surface area contributed by atoms with Crippen molar-refractivity contribution >= 4 is 45.7 Å². The number of hydrogen-bond acceptors (Lipinski definition) is 4. The van der Waals surface area contributed by atoms with Gasteiger partial charge < -0.3 is 14.8 Å². The molecule has 0 bridgehead atoms. The van der Waals surface area contributed by atoms with E-state index in [0.29, 0.717) is 26.7 Å². The van der Waals surface area contributed by atoms with Gasteiger partial charge in [0.1, 0.15) is 5.75 Å². The lowest BCUT2D eigenvalue weighted by molar-refractivity contribution is -0.120. The number of carbonyl (C=O) groups excluding carboxylic acids is 1. The number of amides is 1. The van der Waals surface area contributed by atoms with Gasteiger partial charge in [0.2, 0.25) is 5.88 Å². The van der Waals surface area contributed by atoms with E-state index < -0.39 is 5.91 Å². The molecule has 1 aromatic heterocycles. The highest BCUT2D eigenvalue weighted by molar-refractivity contribution is 6.38. The van der Waals surface area contributed by atoms with E-state index in [4.69, 9.17) is 27.9 Å². The molecular weight excluding hydrogens is 377 g/mol. The van der Waals surface area contributed by atoms with Gasteiger partial charge in [-0.15, -0.1) is 10.2 Å². The lowest BCUT2D eigenvalue weighted by Gasteiger charge is -2.03. The van der Waals surface area contributed by atoms with Crippen molar-refractivity contribution in [3.63, 3.8) is 0 Å². The average Bonchev–Trinajstić information content (AvgIpc) is 2.94. The maximum absolute atomic E-state index is 11.9. The van der Waals surface area contributed by atoms with E-state index in [1.54, 1.807) is 18.2 Å². The first-order chi connectivity index (χ1) is 12.5. The zero-order valence-corrected chi connectivity index (χ0v) is 15.3. The Morgan fingerprint density at radius 1 is 1.23 bits per heavy atom. The van der Waals surface area contributed by atoms with Crippen LogP contribution in [0.1, 0.15) is 12.5 Å². The third-order valence-corrected chi connectivity index (χ3v) is 4.25. The summed E-state index contributed by atoms with van der Waals surface area (Å²) in [6.45, 7) is 1.79. The van der Waals surface area contributed by atoms with Crippen LogP contribution in [0.25, 0.3) is 10.9 Å². The lowest BCUT2D eigenvalue weighted by atomic mass is 10.2. The topological polar surface area (TPSA) is 87.0 Å². The normalized spacial score (nSPS) is 11.3. The number of nitrogens with zero attached hydrogens (tertiary/aromatic N) is 2. The number of rotatable bonds is 5. The van der Waals surface area contributed by atoms with E-state index in [9.17, 15) is 9.90 Å². The molecule has 0 fully saturated rings. The molecule has 0 radical (unpaired) electrons. The Morgan fingerprint density at radius 3 is 2.65 bits per heavy atom. The number of aromatic hydroxyl groups is 1. The van der Waals surface area contributed by atoms with Crippen molar-refractivity contribution in [1.82, 2.24) is 4.98 Å². The van der Waals surface area contributed by atoms with Crippen LogP contribution in [0.5, 0.6) is 11.6 Å². The summed E-state index contributed by atoms with van der Waals surface area (Å²) in [6, 6.07) is 10.5. The number of ether oxygens (including phenoxy) is 1. The molecule has 2 N–H and O–H groups in total. The van der Waals surface area contributed by atoms with Gasteiger partial charge in [-0.1, -0.05) is 42.3 Å². The smallest absolute Gasteiger partial charge is 0.302 e. The van der Waals surface area contributed by atoms with Crippen LogP contribution >= 0.6 is 23.2 Å². The number of fused-ring (bicyclic) bond motifs is 1.